The average molecular weight is 392 g/mol. The first-order valence-corrected chi connectivity index (χ1v) is 9.82. The Kier molecular flexibility index (Phi) is 7.28. The van der Waals surface area contributed by atoms with Crippen LogP contribution in [0.5, 0.6) is 11.5 Å². The van der Waals surface area contributed by atoms with E-state index in [1.165, 1.54) is 5.56 Å². The fraction of sp³-hybridized carbons (Fsp3) is 0.280. The van der Waals surface area contributed by atoms with Gasteiger partial charge in [-0.1, -0.05) is 61.5 Å². The standard InChI is InChI=1S/C25H28O4/c1-4-19-10-12-21(13-11-19)25(26)24-18(2)14-22(15-23(24)29-17-27-3)28-16-20-8-6-5-7-9-20/h5-15,25-26H,4,16-17H2,1-3H3. The predicted octanol–water partition coefficient (Wildman–Crippen LogP) is 5.20. The molecule has 0 aromatic heterocycles. The molecule has 0 spiro atoms. The molecular weight excluding hydrogens is 364 g/mol. The first kappa shape index (κ1) is 20.9. The molecule has 3 aromatic carbocycles. The van der Waals surface area contributed by atoms with Crippen LogP contribution in [0, 0.1) is 6.92 Å². The van der Waals surface area contributed by atoms with Crippen molar-refractivity contribution in [1.29, 1.82) is 0 Å². The van der Waals surface area contributed by atoms with Gasteiger partial charge in [0.05, 0.1) is 0 Å². The van der Waals surface area contributed by atoms with E-state index >= 15 is 0 Å². The molecule has 3 rings (SSSR count). The van der Waals surface area contributed by atoms with Crippen molar-refractivity contribution in [3.63, 3.8) is 0 Å². The van der Waals surface area contributed by atoms with Gasteiger partial charge in [0.15, 0.2) is 6.79 Å². The van der Waals surface area contributed by atoms with Gasteiger partial charge in [0.2, 0.25) is 0 Å². The van der Waals surface area contributed by atoms with Gasteiger partial charge in [-0.15, -0.1) is 0 Å². The molecule has 0 saturated heterocycles. The van der Waals surface area contributed by atoms with Crippen LogP contribution >= 0.6 is 0 Å². The molecular formula is C25H28O4. The number of methoxy groups -OCH3 is 1. The Morgan fingerprint density at radius 1 is 0.897 bits per heavy atom. The molecule has 1 unspecified atom stereocenters. The van der Waals surface area contributed by atoms with E-state index in [-0.39, 0.29) is 6.79 Å². The van der Waals surface area contributed by atoms with Crippen LogP contribution in [-0.2, 0) is 17.8 Å². The normalized spacial score (nSPS) is 11.9. The van der Waals surface area contributed by atoms with Gasteiger partial charge in [-0.2, -0.15) is 0 Å². The third-order valence-corrected chi connectivity index (χ3v) is 4.88. The molecule has 3 aromatic rings. The molecule has 1 atom stereocenters. The highest BCUT2D eigenvalue weighted by molar-refractivity contribution is 5.50. The van der Waals surface area contributed by atoms with Gasteiger partial charge in [0.25, 0.3) is 0 Å². The number of aliphatic hydroxyl groups excluding tert-OH is 1. The summed E-state index contributed by atoms with van der Waals surface area (Å²) in [5.41, 5.74) is 4.76. The van der Waals surface area contributed by atoms with E-state index in [9.17, 15) is 5.11 Å². The zero-order chi connectivity index (χ0) is 20.6. The summed E-state index contributed by atoms with van der Waals surface area (Å²) in [4.78, 5) is 0. The lowest BCUT2D eigenvalue weighted by Gasteiger charge is -2.20. The summed E-state index contributed by atoms with van der Waals surface area (Å²) in [6.07, 6.45) is 0.168. The first-order valence-electron chi connectivity index (χ1n) is 9.82. The number of hydrogen-bond acceptors (Lipinski definition) is 4. The van der Waals surface area contributed by atoms with E-state index in [4.69, 9.17) is 14.2 Å². The molecule has 29 heavy (non-hydrogen) atoms. The molecule has 0 radical (unpaired) electrons. The second kappa shape index (κ2) is 10.1. The van der Waals surface area contributed by atoms with Crippen molar-refractivity contribution < 1.29 is 19.3 Å². The quantitative estimate of drug-likeness (QED) is 0.509. The highest BCUT2D eigenvalue weighted by atomic mass is 16.7. The number of aliphatic hydroxyl groups is 1. The Balaban J connectivity index is 1.88. The van der Waals surface area contributed by atoms with Crippen LogP contribution in [0.15, 0.2) is 66.7 Å². The topological polar surface area (TPSA) is 47.9 Å². The van der Waals surface area contributed by atoms with Gasteiger partial charge < -0.3 is 19.3 Å². The van der Waals surface area contributed by atoms with Crippen molar-refractivity contribution in [3.05, 3.63) is 94.5 Å². The van der Waals surface area contributed by atoms with Crippen LogP contribution in [0.2, 0.25) is 0 Å². The predicted molar refractivity (Wildman–Crippen MR) is 114 cm³/mol. The lowest BCUT2D eigenvalue weighted by atomic mass is 9.95. The SMILES string of the molecule is CCc1ccc(C(O)c2c(C)cc(OCc3ccccc3)cc2OCOC)cc1. The molecule has 0 aliphatic carbocycles. The Morgan fingerprint density at radius 2 is 1.62 bits per heavy atom. The summed E-state index contributed by atoms with van der Waals surface area (Å²) >= 11 is 0. The smallest absolute Gasteiger partial charge is 0.188 e. The van der Waals surface area contributed by atoms with Crippen molar-refractivity contribution in [2.24, 2.45) is 0 Å². The largest absolute Gasteiger partial charge is 0.489 e. The summed E-state index contributed by atoms with van der Waals surface area (Å²) in [5, 5.41) is 11.1. The van der Waals surface area contributed by atoms with Crippen LogP contribution in [0.1, 0.15) is 40.8 Å². The molecule has 0 fully saturated rings. The highest BCUT2D eigenvalue weighted by Gasteiger charge is 2.20. The van der Waals surface area contributed by atoms with Crippen molar-refractivity contribution in [1.82, 2.24) is 0 Å². The second-order valence-corrected chi connectivity index (χ2v) is 6.97. The maximum Gasteiger partial charge on any atom is 0.188 e. The van der Waals surface area contributed by atoms with Gasteiger partial charge in [0, 0.05) is 18.7 Å². The maximum absolute atomic E-state index is 11.1. The number of aryl methyl sites for hydroxylation is 2. The van der Waals surface area contributed by atoms with Crippen LogP contribution < -0.4 is 9.47 Å². The molecule has 0 saturated carbocycles. The second-order valence-electron chi connectivity index (χ2n) is 6.97. The van der Waals surface area contributed by atoms with Crippen molar-refractivity contribution in [3.8, 4) is 11.5 Å². The molecule has 0 aliphatic heterocycles. The minimum atomic E-state index is -0.795. The van der Waals surface area contributed by atoms with Crippen LogP contribution in [-0.4, -0.2) is 19.0 Å². The van der Waals surface area contributed by atoms with E-state index in [0.717, 1.165) is 28.7 Å². The maximum atomic E-state index is 11.1. The van der Waals surface area contributed by atoms with E-state index in [2.05, 4.69) is 6.92 Å². The summed E-state index contributed by atoms with van der Waals surface area (Å²) in [6.45, 7) is 4.62. The van der Waals surface area contributed by atoms with E-state index in [1.807, 2.05) is 73.7 Å². The lowest BCUT2D eigenvalue weighted by Crippen LogP contribution is -2.09. The average Bonchev–Trinajstić information content (AvgIpc) is 2.76. The summed E-state index contributed by atoms with van der Waals surface area (Å²) in [7, 11) is 1.57. The number of hydrogen-bond donors (Lipinski definition) is 1. The molecule has 1 N–H and O–H groups in total. The Bertz CT molecular complexity index is 904. The van der Waals surface area contributed by atoms with Crippen molar-refractivity contribution in [2.75, 3.05) is 13.9 Å². The first-order chi connectivity index (χ1) is 14.1. The molecule has 4 nitrogen and oxygen atoms in total. The molecule has 0 amide bonds. The summed E-state index contributed by atoms with van der Waals surface area (Å²) < 4.78 is 16.8. The van der Waals surface area contributed by atoms with Crippen LogP contribution in [0.4, 0.5) is 0 Å². The molecule has 0 bridgehead atoms. The molecule has 4 heteroatoms. The third-order valence-electron chi connectivity index (χ3n) is 4.88. The third kappa shape index (κ3) is 5.37. The number of benzene rings is 3. The van der Waals surface area contributed by atoms with Gasteiger partial charge in [0.1, 0.15) is 24.2 Å². The van der Waals surface area contributed by atoms with Crippen LogP contribution in [0.3, 0.4) is 0 Å². The van der Waals surface area contributed by atoms with E-state index in [1.54, 1.807) is 7.11 Å². The van der Waals surface area contributed by atoms with E-state index < -0.39 is 6.10 Å². The monoisotopic (exact) mass is 392 g/mol. The van der Waals surface area contributed by atoms with Gasteiger partial charge >= 0.3 is 0 Å². The van der Waals surface area contributed by atoms with Crippen LogP contribution in [0.25, 0.3) is 0 Å². The fourth-order valence-corrected chi connectivity index (χ4v) is 3.25. The molecule has 152 valence electrons. The zero-order valence-corrected chi connectivity index (χ0v) is 17.2. The summed E-state index contributed by atoms with van der Waals surface area (Å²) in [6, 6.07) is 21.7. The number of ether oxygens (including phenoxy) is 3. The number of rotatable bonds is 9. The van der Waals surface area contributed by atoms with Gasteiger partial charge in [-0.25, -0.2) is 0 Å². The molecule has 0 aliphatic rings. The highest BCUT2D eigenvalue weighted by Crippen LogP contribution is 2.36. The summed E-state index contributed by atoms with van der Waals surface area (Å²) in [5.74, 6) is 1.25. The Hall–Kier alpha value is -2.82. The van der Waals surface area contributed by atoms with Gasteiger partial charge in [-0.3, -0.25) is 0 Å². The minimum absolute atomic E-state index is 0.0933. The van der Waals surface area contributed by atoms with Gasteiger partial charge in [-0.05, 0) is 41.7 Å². The molecule has 0 heterocycles. The Labute approximate surface area is 172 Å². The van der Waals surface area contributed by atoms with Crippen molar-refractivity contribution >= 4 is 0 Å². The van der Waals surface area contributed by atoms with Crippen molar-refractivity contribution in [2.45, 2.75) is 33.0 Å². The van der Waals surface area contributed by atoms with E-state index in [0.29, 0.717) is 18.1 Å². The fourth-order valence-electron chi connectivity index (χ4n) is 3.25. The minimum Gasteiger partial charge on any atom is -0.489 e. The Morgan fingerprint density at radius 3 is 2.28 bits per heavy atom. The lowest BCUT2D eigenvalue weighted by molar-refractivity contribution is 0.0485. The zero-order valence-electron chi connectivity index (χ0n) is 17.2.